The van der Waals surface area contributed by atoms with E-state index in [0.717, 1.165) is 0 Å². The number of hydrogen-bond donors (Lipinski definition) is 2. The van der Waals surface area contributed by atoms with E-state index in [9.17, 15) is 10.0 Å². The summed E-state index contributed by atoms with van der Waals surface area (Å²) in [4.78, 5) is 14.9. The maximum atomic E-state index is 11.5. The Labute approximate surface area is 96.3 Å². The quantitative estimate of drug-likeness (QED) is 0.576. The molecule has 2 aromatic rings. The molecule has 7 nitrogen and oxygen atoms in total. The maximum Gasteiger partial charge on any atom is 0.305 e. The highest BCUT2D eigenvalue weighted by Gasteiger charge is 2.09. The van der Waals surface area contributed by atoms with Crippen LogP contribution < -0.4 is 10.2 Å². The van der Waals surface area contributed by atoms with E-state index in [1.54, 1.807) is 24.3 Å². The van der Waals surface area contributed by atoms with Crippen molar-refractivity contribution in [1.29, 1.82) is 0 Å². The van der Waals surface area contributed by atoms with E-state index in [2.05, 4.69) is 15.4 Å². The van der Waals surface area contributed by atoms with Crippen molar-refractivity contribution in [3.8, 4) is 0 Å². The van der Waals surface area contributed by atoms with Gasteiger partial charge in [0, 0.05) is 12.6 Å². The number of para-hydroxylation sites is 2. The summed E-state index contributed by atoms with van der Waals surface area (Å²) in [5, 5.41) is 26.3. The van der Waals surface area contributed by atoms with Crippen molar-refractivity contribution in [2.75, 3.05) is 11.9 Å². The molecule has 2 N–H and O–H groups in total. The minimum absolute atomic E-state index is 0.0605. The van der Waals surface area contributed by atoms with Gasteiger partial charge < -0.3 is 15.6 Å². The molecule has 88 valence electrons. The third-order valence-electron chi connectivity index (χ3n) is 2.12. The van der Waals surface area contributed by atoms with Crippen LogP contribution in [0.25, 0.3) is 11.0 Å². The summed E-state index contributed by atoms with van der Waals surface area (Å²) in [7, 11) is 0. The Kier molecular flexibility index (Phi) is 2.99. The summed E-state index contributed by atoms with van der Waals surface area (Å²) in [6.45, 7) is 0.174. The van der Waals surface area contributed by atoms with Crippen molar-refractivity contribution in [2.45, 2.75) is 6.42 Å². The summed E-state index contributed by atoms with van der Waals surface area (Å²) in [6.07, 6.45) is -0.0605. The van der Waals surface area contributed by atoms with Crippen molar-refractivity contribution in [3.63, 3.8) is 0 Å². The lowest BCUT2D eigenvalue weighted by atomic mass is 10.3. The summed E-state index contributed by atoms with van der Waals surface area (Å²) in [6, 6.07) is 6.78. The molecule has 0 spiro atoms. The van der Waals surface area contributed by atoms with Crippen molar-refractivity contribution >= 4 is 23.0 Å². The number of anilines is 1. The van der Waals surface area contributed by atoms with Crippen molar-refractivity contribution < 1.29 is 14.7 Å². The standard InChI is InChI=1S/C10H10N4O3/c15-9(16)5-6-11-10-12-7-3-1-2-4-8(7)14(17)13-10/h1-4H,5-6H2,(H,15,16)(H,11,12,13). The van der Waals surface area contributed by atoms with E-state index in [1.807, 2.05) is 0 Å². The smallest absolute Gasteiger partial charge is 0.305 e. The Morgan fingerprint density at radius 2 is 2.24 bits per heavy atom. The summed E-state index contributed by atoms with van der Waals surface area (Å²) in [5.74, 6) is -0.798. The number of aliphatic carboxylic acids is 1. The molecular weight excluding hydrogens is 224 g/mol. The number of benzene rings is 1. The molecular formula is C10H10N4O3. The number of carboxylic acid groups (broad SMARTS) is 1. The predicted octanol–water partition coefficient (Wildman–Crippen LogP) is 0.150. The zero-order chi connectivity index (χ0) is 12.3. The van der Waals surface area contributed by atoms with Crippen molar-refractivity contribution in [1.82, 2.24) is 10.1 Å². The molecule has 1 heterocycles. The van der Waals surface area contributed by atoms with Gasteiger partial charge in [0.05, 0.1) is 11.5 Å². The third kappa shape index (κ3) is 2.57. The first-order valence-corrected chi connectivity index (χ1v) is 4.99. The lowest BCUT2D eigenvalue weighted by Gasteiger charge is -2.03. The second kappa shape index (κ2) is 4.60. The van der Waals surface area contributed by atoms with Gasteiger partial charge in [-0.1, -0.05) is 12.1 Å². The highest BCUT2D eigenvalue weighted by Crippen LogP contribution is 2.07. The lowest BCUT2D eigenvalue weighted by Crippen LogP contribution is -2.33. The second-order valence-corrected chi connectivity index (χ2v) is 3.37. The molecule has 0 amide bonds. The van der Waals surface area contributed by atoms with Gasteiger partial charge in [-0.05, 0) is 10.9 Å². The van der Waals surface area contributed by atoms with Crippen LogP contribution in [0.4, 0.5) is 5.95 Å². The van der Waals surface area contributed by atoms with E-state index in [4.69, 9.17) is 5.11 Å². The molecule has 0 radical (unpaired) electrons. The van der Waals surface area contributed by atoms with Gasteiger partial charge >= 0.3 is 5.97 Å². The van der Waals surface area contributed by atoms with Crippen LogP contribution in [0, 0.1) is 5.21 Å². The first kappa shape index (κ1) is 11.1. The molecule has 0 saturated carbocycles. The van der Waals surface area contributed by atoms with Crippen LogP contribution >= 0.6 is 0 Å². The van der Waals surface area contributed by atoms with E-state index < -0.39 is 5.97 Å². The fourth-order valence-corrected chi connectivity index (χ4v) is 1.35. The molecule has 0 unspecified atom stereocenters. The zero-order valence-electron chi connectivity index (χ0n) is 8.83. The van der Waals surface area contributed by atoms with Gasteiger partial charge in [0.1, 0.15) is 5.52 Å². The minimum Gasteiger partial charge on any atom is -0.594 e. The van der Waals surface area contributed by atoms with Crippen LogP contribution in [-0.4, -0.2) is 27.7 Å². The normalized spacial score (nSPS) is 10.4. The number of aromatic nitrogens is 3. The molecule has 7 heteroatoms. The molecule has 1 aromatic heterocycles. The Bertz CT molecular complexity index is 558. The molecule has 0 saturated heterocycles. The van der Waals surface area contributed by atoms with Crippen molar-refractivity contribution in [3.05, 3.63) is 29.5 Å². The van der Waals surface area contributed by atoms with Gasteiger partial charge in [-0.3, -0.25) is 4.79 Å². The van der Waals surface area contributed by atoms with Crippen molar-refractivity contribution in [2.24, 2.45) is 0 Å². The lowest BCUT2D eigenvalue weighted by molar-refractivity contribution is -0.641. The molecule has 0 aliphatic heterocycles. The fourth-order valence-electron chi connectivity index (χ4n) is 1.35. The molecule has 0 aliphatic rings. The zero-order valence-corrected chi connectivity index (χ0v) is 8.83. The minimum atomic E-state index is -0.923. The maximum absolute atomic E-state index is 11.5. The SMILES string of the molecule is O=C(O)CCNc1nc2ccccc2[n+]([O-])n1. The molecule has 0 fully saturated rings. The molecule has 0 aliphatic carbocycles. The van der Waals surface area contributed by atoms with Crippen LogP contribution in [0.3, 0.4) is 0 Å². The molecule has 0 atom stereocenters. The topological polar surface area (TPSA) is 102 Å². The van der Waals surface area contributed by atoms with Gasteiger partial charge in [0.2, 0.25) is 0 Å². The second-order valence-electron chi connectivity index (χ2n) is 3.37. The van der Waals surface area contributed by atoms with Gasteiger partial charge in [0.15, 0.2) is 0 Å². The molecule has 17 heavy (non-hydrogen) atoms. The van der Waals surface area contributed by atoms with Gasteiger partial charge in [0.25, 0.3) is 11.5 Å². The van der Waals surface area contributed by atoms with Gasteiger partial charge in [-0.2, -0.15) is 0 Å². The largest absolute Gasteiger partial charge is 0.594 e. The summed E-state index contributed by atoms with van der Waals surface area (Å²) in [5.41, 5.74) is 0.881. The Morgan fingerprint density at radius 3 is 3.00 bits per heavy atom. The predicted molar refractivity (Wildman–Crippen MR) is 59.2 cm³/mol. The highest BCUT2D eigenvalue weighted by molar-refractivity contribution is 5.71. The Balaban J connectivity index is 2.21. The Hall–Kier alpha value is -2.44. The van der Waals surface area contributed by atoms with Crippen LogP contribution in [0.5, 0.6) is 0 Å². The fraction of sp³-hybridized carbons (Fsp3) is 0.200. The number of nitrogens with zero attached hydrogens (tertiary/aromatic N) is 3. The van der Waals surface area contributed by atoms with Crippen LogP contribution in [0.1, 0.15) is 6.42 Å². The number of hydrogen-bond acceptors (Lipinski definition) is 5. The van der Waals surface area contributed by atoms with Crippen LogP contribution in [-0.2, 0) is 4.79 Å². The van der Waals surface area contributed by atoms with Crippen LogP contribution in [0.2, 0.25) is 0 Å². The number of carbonyl (C=O) groups is 1. The number of nitrogens with one attached hydrogen (secondary N) is 1. The summed E-state index contributed by atoms with van der Waals surface area (Å²) < 4.78 is 0. The monoisotopic (exact) mass is 234 g/mol. The van der Waals surface area contributed by atoms with Gasteiger partial charge in [-0.25, -0.2) is 4.98 Å². The van der Waals surface area contributed by atoms with E-state index in [0.29, 0.717) is 15.9 Å². The number of fused-ring (bicyclic) bond motifs is 1. The first-order valence-electron chi connectivity index (χ1n) is 4.99. The van der Waals surface area contributed by atoms with E-state index in [1.165, 1.54) is 0 Å². The Morgan fingerprint density at radius 1 is 1.47 bits per heavy atom. The number of rotatable bonds is 4. The van der Waals surface area contributed by atoms with Crippen LogP contribution in [0.15, 0.2) is 24.3 Å². The third-order valence-corrected chi connectivity index (χ3v) is 2.12. The molecule has 0 bridgehead atoms. The summed E-state index contributed by atoms with van der Waals surface area (Å²) >= 11 is 0. The average Bonchev–Trinajstić information content (AvgIpc) is 2.28. The molecule has 2 rings (SSSR count). The first-order chi connectivity index (χ1) is 8.16. The molecule has 1 aromatic carbocycles. The highest BCUT2D eigenvalue weighted by atomic mass is 16.5. The van der Waals surface area contributed by atoms with E-state index >= 15 is 0 Å². The van der Waals surface area contributed by atoms with E-state index in [-0.39, 0.29) is 18.9 Å². The average molecular weight is 234 g/mol. The number of carboxylic acids is 1. The van der Waals surface area contributed by atoms with Gasteiger partial charge in [-0.15, -0.1) is 0 Å².